The van der Waals surface area contributed by atoms with E-state index in [1.54, 1.807) is 67.0 Å². The van der Waals surface area contributed by atoms with Crippen molar-refractivity contribution < 1.29 is 17.6 Å². The highest BCUT2D eigenvalue weighted by Gasteiger charge is 2.26. The lowest BCUT2D eigenvalue weighted by Crippen LogP contribution is -2.30. The average molecular weight is 536 g/mol. The lowest BCUT2D eigenvalue weighted by atomic mass is 10.2. The molecule has 188 valence electrons. The molecule has 1 heterocycles. The fraction of sp³-hybridized carbons (Fsp3) is 0.0714. The van der Waals surface area contributed by atoms with E-state index in [1.165, 1.54) is 46.8 Å². The Morgan fingerprint density at radius 1 is 0.919 bits per heavy atom. The minimum Gasteiger partial charge on any atom is -0.323 e. The molecule has 0 unspecified atom stereocenters. The molecule has 4 aromatic rings. The van der Waals surface area contributed by atoms with Crippen molar-refractivity contribution in [2.45, 2.75) is 18.0 Å². The summed E-state index contributed by atoms with van der Waals surface area (Å²) in [6.45, 7) is 0.0454. The van der Waals surface area contributed by atoms with Crippen LogP contribution < -0.4 is 5.32 Å². The van der Waals surface area contributed by atoms with Crippen LogP contribution in [0.1, 0.15) is 16.7 Å². The molecule has 0 aliphatic carbocycles. The monoisotopic (exact) mass is 535 g/mol. The van der Waals surface area contributed by atoms with Crippen LogP contribution in [0.4, 0.5) is 10.1 Å². The van der Waals surface area contributed by atoms with E-state index in [0.717, 1.165) is 5.56 Å². The van der Waals surface area contributed by atoms with Crippen molar-refractivity contribution >= 4 is 39.3 Å². The van der Waals surface area contributed by atoms with E-state index < -0.39 is 15.8 Å². The normalized spacial score (nSPS) is 11.6. The van der Waals surface area contributed by atoms with Gasteiger partial charge in [0.1, 0.15) is 5.82 Å². The lowest BCUT2D eigenvalue weighted by molar-refractivity contribution is -0.111. The van der Waals surface area contributed by atoms with E-state index in [2.05, 4.69) is 10.3 Å². The van der Waals surface area contributed by atoms with Gasteiger partial charge < -0.3 is 5.32 Å². The number of anilines is 1. The molecule has 0 aliphatic heterocycles. The van der Waals surface area contributed by atoms with Crippen LogP contribution in [0.5, 0.6) is 0 Å². The van der Waals surface area contributed by atoms with Crippen molar-refractivity contribution in [3.8, 4) is 0 Å². The molecule has 0 bridgehead atoms. The highest BCUT2D eigenvalue weighted by atomic mass is 35.5. The second-order valence-electron chi connectivity index (χ2n) is 8.12. The van der Waals surface area contributed by atoms with Gasteiger partial charge in [0.25, 0.3) is 0 Å². The van der Waals surface area contributed by atoms with Crippen LogP contribution in [-0.4, -0.2) is 23.6 Å². The Morgan fingerprint density at radius 2 is 1.59 bits per heavy atom. The van der Waals surface area contributed by atoms with E-state index >= 15 is 0 Å². The number of carbonyl (C=O) groups is 1. The summed E-state index contributed by atoms with van der Waals surface area (Å²) < 4.78 is 41.9. The van der Waals surface area contributed by atoms with Gasteiger partial charge >= 0.3 is 0 Å². The Labute approximate surface area is 220 Å². The third kappa shape index (κ3) is 7.10. The number of hydrogen-bond acceptors (Lipinski definition) is 4. The van der Waals surface area contributed by atoms with E-state index in [9.17, 15) is 17.6 Å². The van der Waals surface area contributed by atoms with Gasteiger partial charge in [-0.25, -0.2) is 12.8 Å². The van der Waals surface area contributed by atoms with E-state index in [1.807, 2.05) is 0 Å². The number of nitrogens with one attached hydrogen (secondary N) is 1. The number of carbonyl (C=O) groups excluding carboxylic acids is 1. The van der Waals surface area contributed by atoms with Crippen LogP contribution in [0.3, 0.4) is 0 Å². The summed E-state index contributed by atoms with van der Waals surface area (Å²) in [5.74, 6) is -0.762. The van der Waals surface area contributed by atoms with E-state index in [4.69, 9.17) is 11.6 Å². The highest BCUT2D eigenvalue weighted by molar-refractivity contribution is 7.89. The van der Waals surface area contributed by atoms with Crippen molar-refractivity contribution in [1.82, 2.24) is 9.29 Å². The minimum absolute atomic E-state index is 0.0200. The zero-order valence-corrected chi connectivity index (χ0v) is 21.2. The third-order valence-electron chi connectivity index (χ3n) is 5.47. The lowest BCUT2D eigenvalue weighted by Gasteiger charge is -2.23. The maximum absolute atomic E-state index is 13.6. The number of sulfonamides is 1. The molecule has 0 aliphatic rings. The van der Waals surface area contributed by atoms with E-state index in [-0.39, 0.29) is 23.9 Å². The van der Waals surface area contributed by atoms with E-state index in [0.29, 0.717) is 21.8 Å². The molecular formula is C28H23ClFN3O3S. The number of halogens is 2. The first-order valence-electron chi connectivity index (χ1n) is 11.3. The number of pyridine rings is 1. The van der Waals surface area contributed by atoms with Crippen LogP contribution in [0.15, 0.2) is 108 Å². The fourth-order valence-corrected chi connectivity index (χ4v) is 5.13. The first-order chi connectivity index (χ1) is 17.8. The average Bonchev–Trinajstić information content (AvgIpc) is 2.90. The molecule has 6 nitrogen and oxygen atoms in total. The SMILES string of the molecule is O=C(/C=C/c1ccncc1)Nc1ccc(S(=O)(=O)N(Cc2ccc(F)cc2)Cc2ccccc2Cl)cc1. The van der Waals surface area contributed by atoms with Gasteiger partial charge in [-0.2, -0.15) is 4.31 Å². The van der Waals surface area contributed by atoms with Gasteiger partial charge in [0.2, 0.25) is 15.9 Å². The predicted octanol–water partition coefficient (Wildman–Crippen LogP) is 5.92. The number of amides is 1. The molecule has 0 fully saturated rings. The van der Waals surface area contributed by atoms with Gasteiger partial charge in [0, 0.05) is 42.3 Å². The summed E-state index contributed by atoms with van der Waals surface area (Å²) in [6.07, 6.45) is 6.29. The van der Waals surface area contributed by atoms with Gasteiger partial charge in [-0.1, -0.05) is 41.9 Å². The molecule has 0 atom stereocenters. The fourth-order valence-electron chi connectivity index (χ4n) is 3.53. The third-order valence-corrected chi connectivity index (χ3v) is 7.64. The molecule has 37 heavy (non-hydrogen) atoms. The standard InChI is InChI=1S/C28H23ClFN3O3S/c29-27-4-2-1-3-23(27)20-33(19-22-5-8-24(30)9-6-22)37(35,36)26-12-10-25(11-13-26)32-28(34)14-7-21-15-17-31-18-16-21/h1-18H,19-20H2,(H,32,34)/b14-7+. The second kappa shape index (κ2) is 11.9. The highest BCUT2D eigenvalue weighted by Crippen LogP contribution is 2.25. The molecular weight excluding hydrogens is 513 g/mol. The topological polar surface area (TPSA) is 79.4 Å². The quantitative estimate of drug-likeness (QED) is 0.270. The first kappa shape index (κ1) is 26.2. The molecule has 1 amide bonds. The van der Waals surface area contributed by atoms with Crippen molar-refractivity contribution in [3.05, 3.63) is 131 Å². The van der Waals surface area contributed by atoms with Crippen molar-refractivity contribution in [3.63, 3.8) is 0 Å². The van der Waals surface area contributed by atoms with Crippen LogP contribution in [0, 0.1) is 5.82 Å². The Morgan fingerprint density at radius 3 is 2.27 bits per heavy atom. The molecule has 0 saturated heterocycles. The molecule has 0 spiro atoms. The second-order valence-corrected chi connectivity index (χ2v) is 10.5. The van der Waals surface area contributed by atoms with Crippen LogP contribution in [0.25, 0.3) is 6.08 Å². The minimum atomic E-state index is -3.97. The molecule has 9 heteroatoms. The molecule has 1 aromatic heterocycles. The smallest absolute Gasteiger partial charge is 0.248 e. The van der Waals surface area contributed by atoms with Crippen LogP contribution >= 0.6 is 11.6 Å². The van der Waals surface area contributed by atoms with Crippen molar-refractivity contribution in [2.75, 3.05) is 5.32 Å². The Balaban J connectivity index is 1.53. The summed E-state index contributed by atoms with van der Waals surface area (Å²) in [5, 5.41) is 3.15. The van der Waals surface area contributed by atoms with Gasteiger partial charge in [-0.05, 0) is 77.4 Å². The first-order valence-corrected chi connectivity index (χ1v) is 13.1. The predicted molar refractivity (Wildman–Crippen MR) is 143 cm³/mol. The molecule has 0 radical (unpaired) electrons. The van der Waals surface area contributed by atoms with Crippen LogP contribution in [-0.2, 0) is 27.9 Å². The Bertz CT molecular complexity index is 1490. The largest absolute Gasteiger partial charge is 0.323 e. The number of aromatic nitrogens is 1. The molecule has 0 saturated carbocycles. The Hall–Kier alpha value is -3.85. The van der Waals surface area contributed by atoms with Gasteiger partial charge in [-0.3, -0.25) is 9.78 Å². The maximum atomic E-state index is 13.6. The molecule has 1 N–H and O–H groups in total. The molecule has 3 aromatic carbocycles. The summed E-state index contributed by atoms with van der Waals surface area (Å²) in [7, 11) is -3.97. The van der Waals surface area contributed by atoms with Crippen molar-refractivity contribution in [1.29, 1.82) is 0 Å². The van der Waals surface area contributed by atoms with Gasteiger partial charge in [0.05, 0.1) is 4.90 Å². The molecule has 4 rings (SSSR count). The summed E-state index contributed by atoms with van der Waals surface area (Å²) in [4.78, 5) is 16.2. The van der Waals surface area contributed by atoms with Gasteiger partial charge in [-0.15, -0.1) is 0 Å². The number of nitrogens with zero attached hydrogens (tertiary/aromatic N) is 2. The number of benzene rings is 3. The summed E-state index contributed by atoms with van der Waals surface area (Å²) >= 11 is 6.30. The zero-order chi connectivity index (χ0) is 26.3. The number of rotatable bonds is 9. The summed E-state index contributed by atoms with van der Waals surface area (Å²) in [6, 6.07) is 22.1. The zero-order valence-electron chi connectivity index (χ0n) is 19.6. The van der Waals surface area contributed by atoms with Crippen molar-refractivity contribution in [2.24, 2.45) is 0 Å². The van der Waals surface area contributed by atoms with Gasteiger partial charge in [0.15, 0.2) is 0 Å². The Kier molecular flexibility index (Phi) is 8.45. The maximum Gasteiger partial charge on any atom is 0.248 e. The summed E-state index contributed by atoms with van der Waals surface area (Å²) in [5.41, 5.74) is 2.53. The van der Waals surface area contributed by atoms with Crippen LogP contribution in [0.2, 0.25) is 5.02 Å². The number of hydrogen-bond donors (Lipinski definition) is 1.